The molecule has 9 heteroatoms. The molecule has 0 radical (unpaired) electrons. The maximum Gasteiger partial charge on any atom is 0.272 e. The lowest BCUT2D eigenvalue weighted by Gasteiger charge is -2.36. The molecule has 2 N–H and O–H groups in total. The molecular formula is C29H31N3O5S. The number of hydrogen-bond acceptors (Lipinski definition) is 6. The number of rotatable bonds is 7. The molecule has 2 atom stereocenters. The summed E-state index contributed by atoms with van der Waals surface area (Å²) in [5, 5.41) is 7.87. The van der Waals surface area contributed by atoms with Crippen LogP contribution in [0.2, 0.25) is 0 Å². The monoisotopic (exact) mass is 533 g/mol. The maximum atomic E-state index is 14.2. The van der Waals surface area contributed by atoms with Gasteiger partial charge >= 0.3 is 0 Å². The molecule has 0 spiro atoms. The highest BCUT2D eigenvalue weighted by molar-refractivity contribution is 7.10. The lowest BCUT2D eigenvalue weighted by molar-refractivity contribution is -0.132. The zero-order chi connectivity index (χ0) is 26.5. The van der Waals surface area contributed by atoms with E-state index in [9.17, 15) is 14.4 Å². The summed E-state index contributed by atoms with van der Waals surface area (Å²) in [5.74, 6) is 0.168. The third kappa shape index (κ3) is 5.83. The van der Waals surface area contributed by atoms with Crippen molar-refractivity contribution in [2.45, 2.75) is 57.2 Å². The third-order valence-electron chi connectivity index (χ3n) is 6.74. The van der Waals surface area contributed by atoms with Crippen LogP contribution < -0.4 is 25.0 Å². The molecule has 1 aromatic heterocycles. The second-order valence-corrected chi connectivity index (χ2v) is 10.5. The van der Waals surface area contributed by atoms with Crippen molar-refractivity contribution in [1.82, 2.24) is 5.32 Å². The molecule has 198 valence electrons. The molecule has 1 aliphatic carbocycles. The van der Waals surface area contributed by atoms with Crippen molar-refractivity contribution in [3.05, 3.63) is 70.9 Å². The van der Waals surface area contributed by atoms with Gasteiger partial charge in [0.05, 0.1) is 0 Å². The van der Waals surface area contributed by atoms with Gasteiger partial charge in [-0.2, -0.15) is 0 Å². The first-order valence-corrected chi connectivity index (χ1v) is 13.8. The van der Waals surface area contributed by atoms with E-state index in [4.69, 9.17) is 9.47 Å². The van der Waals surface area contributed by atoms with Crippen LogP contribution >= 0.6 is 11.3 Å². The number of amides is 3. The zero-order valence-electron chi connectivity index (χ0n) is 21.2. The first-order valence-electron chi connectivity index (χ1n) is 12.9. The topological polar surface area (TPSA) is 97.0 Å². The molecule has 38 heavy (non-hydrogen) atoms. The van der Waals surface area contributed by atoms with Gasteiger partial charge in [-0.3, -0.25) is 19.3 Å². The minimum atomic E-state index is -0.959. The van der Waals surface area contributed by atoms with Crippen molar-refractivity contribution >= 4 is 40.4 Å². The van der Waals surface area contributed by atoms with Crippen LogP contribution in [0.4, 0.5) is 11.4 Å². The van der Waals surface area contributed by atoms with E-state index in [0.29, 0.717) is 22.9 Å². The number of thiophene rings is 1. The van der Waals surface area contributed by atoms with E-state index in [1.807, 2.05) is 29.6 Å². The molecule has 1 aliphatic heterocycles. The minimum absolute atomic E-state index is 0.0130. The summed E-state index contributed by atoms with van der Waals surface area (Å²) in [5.41, 5.74) is 0.998. The molecule has 0 saturated heterocycles. The first-order chi connectivity index (χ1) is 18.5. The van der Waals surface area contributed by atoms with Gasteiger partial charge in [0.2, 0.25) is 17.9 Å². The van der Waals surface area contributed by atoms with Crippen LogP contribution in [-0.2, 0) is 14.4 Å². The van der Waals surface area contributed by atoms with Crippen LogP contribution in [0.1, 0.15) is 49.9 Å². The van der Waals surface area contributed by atoms with Crippen LogP contribution in [0.25, 0.3) is 0 Å². The predicted octanol–water partition coefficient (Wildman–Crippen LogP) is 5.07. The molecule has 2 aromatic carbocycles. The molecule has 3 amide bonds. The molecule has 2 aliphatic rings. The lowest BCUT2D eigenvalue weighted by atomic mass is 9.95. The Morgan fingerprint density at radius 2 is 1.76 bits per heavy atom. The number of benzene rings is 2. The van der Waals surface area contributed by atoms with Gasteiger partial charge in [-0.1, -0.05) is 43.5 Å². The van der Waals surface area contributed by atoms with Crippen molar-refractivity contribution in [3.63, 3.8) is 0 Å². The van der Waals surface area contributed by atoms with Gasteiger partial charge in [-0.25, -0.2) is 0 Å². The fourth-order valence-electron chi connectivity index (χ4n) is 4.98. The normalized spacial score (nSPS) is 17.8. The second kappa shape index (κ2) is 11.7. The van der Waals surface area contributed by atoms with E-state index in [1.165, 1.54) is 29.6 Å². The van der Waals surface area contributed by atoms with E-state index < -0.39 is 18.1 Å². The Kier molecular flexibility index (Phi) is 7.93. The highest BCUT2D eigenvalue weighted by atomic mass is 32.1. The van der Waals surface area contributed by atoms with E-state index >= 15 is 0 Å². The Labute approximate surface area is 225 Å². The average molecular weight is 534 g/mol. The fourth-order valence-corrected chi connectivity index (χ4v) is 5.80. The molecule has 0 bridgehead atoms. The summed E-state index contributed by atoms with van der Waals surface area (Å²) < 4.78 is 11.9. The van der Waals surface area contributed by atoms with E-state index in [2.05, 4.69) is 10.6 Å². The summed E-state index contributed by atoms with van der Waals surface area (Å²) in [4.78, 5) is 42.1. The minimum Gasteiger partial charge on any atom is -0.485 e. The summed E-state index contributed by atoms with van der Waals surface area (Å²) in [7, 11) is 0. The fraction of sp³-hybridized carbons (Fsp3) is 0.345. The number of carbonyl (C=O) groups excluding carboxylic acids is 3. The van der Waals surface area contributed by atoms with Crippen LogP contribution in [0.5, 0.6) is 11.5 Å². The van der Waals surface area contributed by atoms with Gasteiger partial charge in [0.25, 0.3) is 5.91 Å². The second-order valence-electron chi connectivity index (χ2n) is 9.57. The summed E-state index contributed by atoms with van der Waals surface area (Å²) >= 11 is 1.42. The van der Waals surface area contributed by atoms with Gasteiger partial charge in [0, 0.05) is 29.2 Å². The van der Waals surface area contributed by atoms with Crippen LogP contribution in [0.3, 0.4) is 0 Å². The SMILES string of the molecule is CC(=O)Nc1cccc(N(C(=O)C2COc3ccccc3O2)C(C(=O)NC2CCCCC2)c2cccs2)c1. The number of fused-ring (bicyclic) bond motifs is 1. The van der Waals surface area contributed by atoms with Gasteiger partial charge in [0.1, 0.15) is 12.6 Å². The van der Waals surface area contributed by atoms with E-state index in [-0.39, 0.29) is 24.5 Å². The van der Waals surface area contributed by atoms with Crippen molar-refractivity contribution < 1.29 is 23.9 Å². The highest BCUT2D eigenvalue weighted by Crippen LogP contribution is 2.36. The maximum absolute atomic E-state index is 14.2. The molecule has 2 heterocycles. The molecule has 3 aromatic rings. The zero-order valence-corrected chi connectivity index (χ0v) is 22.0. The number of carbonyl (C=O) groups is 3. The largest absolute Gasteiger partial charge is 0.485 e. The summed E-state index contributed by atoms with van der Waals surface area (Å²) in [6.45, 7) is 1.44. The summed E-state index contributed by atoms with van der Waals surface area (Å²) in [6, 6.07) is 17.0. The quantitative estimate of drug-likeness (QED) is 0.442. The summed E-state index contributed by atoms with van der Waals surface area (Å²) in [6.07, 6.45) is 4.20. The molecule has 8 nitrogen and oxygen atoms in total. The van der Waals surface area contributed by atoms with Gasteiger partial charge < -0.3 is 20.1 Å². The van der Waals surface area contributed by atoms with Gasteiger partial charge in [-0.05, 0) is 54.6 Å². The molecule has 5 rings (SSSR count). The van der Waals surface area contributed by atoms with Crippen molar-refractivity contribution in [3.8, 4) is 11.5 Å². The Hall–Kier alpha value is -3.85. The number of hydrogen-bond donors (Lipinski definition) is 2. The Balaban J connectivity index is 1.53. The van der Waals surface area contributed by atoms with Crippen molar-refractivity contribution in [1.29, 1.82) is 0 Å². The Morgan fingerprint density at radius 3 is 2.50 bits per heavy atom. The predicted molar refractivity (Wildman–Crippen MR) is 147 cm³/mol. The number of nitrogens with one attached hydrogen (secondary N) is 2. The molecule has 1 saturated carbocycles. The van der Waals surface area contributed by atoms with Crippen LogP contribution in [0.15, 0.2) is 66.0 Å². The number of para-hydroxylation sites is 2. The van der Waals surface area contributed by atoms with Crippen molar-refractivity contribution in [2.75, 3.05) is 16.8 Å². The smallest absolute Gasteiger partial charge is 0.272 e. The van der Waals surface area contributed by atoms with Crippen molar-refractivity contribution in [2.24, 2.45) is 0 Å². The Bertz CT molecular complexity index is 1290. The van der Waals surface area contributed by atoms with Gasteiger partial charge in [-0.15, -0.1) is 11.3 Å². The average Bonchev–Trinajstić information content (AvgIpc) is 3.46. The Morgan fingerprint density at radius 1 is 0.974 bits per heavy atom. The molecule has 2 unspecified atom stereocenters. The van der Waals surface area contributed by atoms with E-state index in [1.54, 1.807) is 36.4 Å². The lowest BCUT2D eigenvalue weighted by Crippen LogP contribution is -2.52. The van der Waals surface area contributed by atoms with E-state index in [0.717, 1.165) is 30.6 Å². The third-order valence-corrected chi connectivity index (χ3v) is 7.66. The van der Waals surface area contributed by atoms with Crippen LogP contribution in [-0.4, -0.2) is 36.5 Å². The standard InChI is InChI=1S/C29H31N3O5S/c1-19(33)30-21-11-7-12-22(17-21)32(29(35)25-18-36-23-13-5-6-14-24(23)37-25)27(26-15-8-16-38-26)28(34)31-20-9-3-2-4-10-20/h5-8,11-17,20,25,27H,2-4,9-10,18H2,1H3,(H,30,33)(H,31,34). The van der Waals surface area contributed by atoms with Gasteiger partial charge in [0.15, 0.2) is 11.5 Å². The number of anilines is 2. The highest BCUT2D eigenvalue weighted by Gasteiger charge is 2.40. The number of nitrogens with zero attached hydrogens (tertiary/aromatic N) is 1. The first kappa shape index (κ1) is 25.8. The number of ether oxygens (including phenoxy) is 2. The molecular weight excluding hydrogens is 502 g/mol. The molecule has 1 fully saturated rings. The van der Waals surface area contributed by atoms with Crippen LogP contribution in [0, 0.1) is 0 Å².